The van der Waals surface area contributed by atoms with Crippen molar-refractivity contribution < 1.29 is 31.9 Å². The van der Waals surface area contributed by atoms with E-state index in [4.69, 9.17) is 4.74 Å². The van der Waals surface area contributed by atoms with E-state index in [-0.39, 0.29) is 31.1 Å². The zero-order valence-electron chi connectivity index (χ0n) is 17.9. The van der Waals surface area contributed by atoms with Gasteiger partial charge in [-0.25, -0.2) is 17.6 Å². The van der Waals surface area contributed by atoms with Crippen molar-refractivity contribution in [2.24, 2.45) is 0 Å². The van der Waals surface area contributed by atoms with E-state index < -0.39 is 46.3 Å². The first-order valence-electron chi connectivity index (χ1n) is 10.2. The molecule has 0 unspecified atom stereocenters. The predicted octanol–water partition coefficient (Wildman–Crippen LogP) is 1.02. The Bertz CT molecular complexity index is 1100. The van der Waals surface area contributed by atoms with Gasteiger partial charge in [-0.05, 0) is 43.3 Å². The van der Waals surface area contributed by atoms with Gasteiger partial charge in [-0.15, -0.1) is 0 Å². The van der Waals surface area contributed by atoms with Crippen LogP contribution in [0.15, 0.2) is 59.5 Å². The largest absolute Gasteiger partial charge is 0.454 e. The van der Waals surface area contributed by atoms with E-state index in [1.165, 1.54) is 28.3 Å². The number of esters is 1. The standard InChI is InChI=1S/C22H24FN3O6S/c1-16(24-21(28)17-5-3-2-4-6-17)22(29)32-15-20(27)25-11-13-26(14-12-25)33(30,31)19-9-7-18(23)8-10-19/h2-10,16H,11-15H2,1H3,(H,24,28)/t16-/m0/s1. The van der Waals surface area contributed by atoms with Crippen LogP contribution < -0.4 is 5.32 Å². The monoisotopic (exact) mass is 477 g/mol. The summed E-state index contributed by atoms with van der Waals surface area (Å²) < 4.78 is 44.6. The summed E-state index contributed by atoms with van der Waals surface area (Å²) in [6, 6.07) is 11.9. The van der Waals surface area contributed by atoms with E-state index in [0.717, 1.165) is 12.1 Å². The molecular formula is C22H24FN3O6S. The fourth-order valence-corrected chi connectivity index (χ4v) is 4.63. The lowest BCUT2D eigenvalue weighted by Crippen LogP contribution is -2.51. The quantitative estimate of drug-likeness (QED) is 0.596. The second-order valence-electron chi connectivity index (χ2n) is 7.41. The van der Waals surface area contributed by atoms with Crippen LogP contribution in [0.1, 0.15) is 17.3 Å². The van der Waals surface area contributed by atoms with E-state index in [1.54, 1.807) is 30.3 Å². The lowest BCUT2D eigenvalue weighted by molar-refractivity contribution is -0.153. The molecule has 0 bridgehead atoms. The van der Waals surface area contributed by atoms with Crippen molar-refractivity contribution in [2.75, 3.05) is 32.8 Å². The first kappa shape index (κ1) is 24.3. The summed E-state index contributed by atoms with van der Waals surface area (Å²) in [6.45, 7) is 1.29. The normalized spacial score (nSPS) is 15.5. The Kier molecular flexibility index (Phi) is 7.77. The average molecular weight is 478 g/mol. The maximum atomic E-state index is 13.1. The smallest absolute Gasteiger partial charge is 0.328 e. The summed E-state index contributed by atoms with van der Waals surface area (Å²) in [5, 5.41) is 2.51. The van der Waals surface area contributed by atoms with Gasteiger partial charge in [0.1, 0.15) is 11.9 Å². The van der Waals surface area contributed by atoms with Crippen LogP contribution in [0.5, 0.6) is 0 Å². The fraction of sp³-hybridized carbons (Fsp3) is 0.318. The van der Waals surface area contributed by atoms with E-state index in [1.807, 2.05) is 0 Å². The van der Waals surface area contributed by atoms with Crippen LogP contribution in [0, 0.1) is 5.82 Å². The number of hydrogen-bond donors (Lipinski definition) is 1. The summed E-state index contributed by atoms with van der Waals surface area (Å²) in [5.41, 5.74) is 0.390. The number of nitrogens with zero attached hydrogens (tertiary/aromatic N) is 2. The highest BCUT2D eigenvalue weighted by Crippen LogP contribution is 2.18. The number of piperazine rings is 1. The Labute approximate surface area is 191 Å². The molecule has 176 valence electrons. The van der Waals surface area contributed by atoms with Crippen LogP contribution in [0.2, 0.25) is 0 Å². The topological polar surface area (TPSA) is 113 Å². The van der Waals surface area contributed by atoms with E-state index in [0.29, 0.717) is 5.56 Å². The SMILES string of the molecule is C[C@H](NC(=O)c1ccccc1)C(=O)OCC(=O)N1CCN(S(=O)(=O)c2ccc(F)cc2)CC1. The molecule has 33 heavy (non-hydrogen) atoms. The van der Waals surface area contributed by atoms with Gasteiger partial charge in [0.15, 0.2) is 6.61 Å². The summed E-state index contributed by atoms with van der Waals surface area (Å²) in [7, 11) is -3.80. The number of ether oxygens (including phenoxy) is 1. The number of hydrogen-bond acceptors (Lipinski definition) is 6. The minimum absolute atomic E-state index is 0.0239. The molecule has 0 radical (unpaired) electrons. The molecule has 2 amide bonds. The molecule has 1 atom stereocenters. The summed E-state index contributed by atoms with van der Waals surface area (Å²) >= 11 is 0. The number of rotatable bonds is 7. The highest BCUT2D eigenvalue weighted by atomic mass is 32.2. The lowest BCUT2D eigenvalue weighted by Gasteiger charge is -2.33. The van der Waals surface area contributed by atoms with Crippen LogP contribution in [-0.2, 0) is 24.3 Å². The molecule has 1 aliphatic heterocycles. The number of nitrogens with one attached hydrogen (secondary N) is 1. The van der Waals surface area contributed by atoms with Gasteiger partial charge in [-0.2, -0.15) is 4.31 Å². The van der Waals surface area contributed by atoms with Gasteiger partial charge < -0.3 is 15.0 Å². The molecule has 11 heteroatoms. The van der Waals surface area contributed by atoms with Gasteiger partial charge >= 0.3 is 5.97 Å². The molecule has 0 spiro atoms. The highest BCUT2D eigenvalue weighted by molar-refractivity contribution is 7.89. The van der Waals surface area contributed by atoms with E-state index >= 15 is 0 Å². The maximum Gasteiger partial charge on any atom is 0.328 e. The number of halogens is 1. The van der Waals surface area contributed by atoms with Crippen molar-refractivity contribution >= 4 is 27.8 Å². The lowest BCUT2D eigenvalue weighted by atomic mass is 10.2. The molecule has 9 nitrogen and oxygen atoms in total. The molecular weight excluding hydrogens is 453 g/mol. The second kappa shape index (κ2) is 10.5. The number of sulfonamides is 1. The molecule has 1 N–H and O–H groups in total. The van der Waals surface area contributed by atoms with Crippen molar-refractivity contribution in [1.29, 1.82) is 0 Å². The van der Waals surface area contributed by atoms with Crippen LogP contribution in [0.3, 0.4) is 0 Å². The molecule has 0 saturated carbocycles. The van der Waals surface area contributed by atoms with Crippen LogP contribution in [0.25, 0.3) is 0 Å². The van der Waals surface area contributed by atoms with Crippen molar-refractivity contribution in [3.8, 4) is 0 Å². The van der Waals surface area contributed by atoms with Crippen LogP contribution >= 0.6 is 0 Å². The molecule has 1 heterocycles. The molecule has 1 fully saturated rings. The minimum atomic E-state index is -3.80. The van der Waals surface area contributed by atoms with Crippen LogP contribution in [0.4, 0.5) is 4.39 Å². The molecule has 3 rings (SSSR count). The predicted molar refractivity (Wildman–Crippen MR) is 116 cm³/mol. The van der Waals surface area contributed by atoms with E-state index in [9.17, 15) is 27.2 Å². The van der Waals surface area contributed by atoms with Gasteiger partial charge in [0.05, 0.1) is 4.90 Å². The molecule has 1 saturated heterocycles. The molecule has 0 aliphatic carbocycles. The van der Waals surface area contributed by atoms with Crippen molar-refractivity contribution in [3.63, 3.8) is 0 Å². The van der Waals surface area contributed by atoms with Crippen molar-refractivity contribution in [1.82, 2.24) is 14.5 Å². The van der Waals surface area contributed by atoms with E-state index in [2.05, 4.69) is 5.32 Å². The molecule has 2 aromatic rings. The maximum absolute atomic E-state index is 13.1. The van der Waals surface area contributed by atoms with Crippen LogP contribution in [-0.4, -0.2) is 74.2 Å². The van der Waals surface area contributed by atoms with Gasteiger partial charge in [0.2, 0.25) is 10.0 Å². The number of amides is 2. The second-order valence-corrected chi connectivity index (χ2v) is 9.35. The molecule has 2 aromatic carbocycles. The zero-order valence-corrected chi connectivity index (χ0v) is 18.8. The van der Waals surface area contributed by atoms with Crippen molar-refractivity contribution in [2.45, 2.75) is 17.9 Å². The third kappa shape index (κ3) is 6.14. The Morgan fingerprint density at radius 3 is 2.21 bits per heavy atom. The Morgan fingerprint density at radius 2 is 1.61 bits per heavy atom. The third-order valence-electron chi connectivity index (χ3n) is 5.12. The van der Waals surface area contributed by atoms with Gasteiger partial charge in [-0.1, -0.05) is 18.2 Å². The minimum Gasteiger partial charge on any atom is -0.454 e. The molecule has 1 aliphatic rings. The Hall–Kier alpha value is -3.31. The van der Waals surface area contributed by atoms with Crippen molar-refractivity contribution in [3.05, 3.63) is 66.0 Å². The number of carbonyl (C=O) groups excluding carboxylic acids is 3. The number of carbonyl (C=O) groups is 3. The third-order valence-corrected chi connectivity index (χ3v) is 7.03. The Balaban J connectivity index is 1.45. The summed E-state index contributed by atoms with van der Waals surface area (Å²) in [4.78, 5) is 38.0. The van der Waals surface area contributed by atoms with Gasteiger partial charge in [0, 0.05) is 31.7 Å². The van der Waals surface area contributed by atoms with Gasteiger partial charge in [-0.3, -0.25) is 9.59 Å². The summed E-state index contributed by atoms with van der Waals surface area (Å²) in [6.07, 6.45) is 0. The first-order chi connectivity index (χ1) is 15.7. The summed E-state index contributed by atoms with van der Waals surface area (Å²) in [5.74, 6) is -2.20. The Morgan fingerprint density at radius 1 is 1.00 bits per heavy atom. The molecule has 0 aromatic heterocycles. The van der Waals surface area contributed by atoms with Gasteiger partial charge in [0.25, 0.3) is 11.8 Å². The zero-order chi connectivity index (χ0) is 24.0. The average Bonchev–Trinajstić information content (AvgIpc) is 2.83. The highest BCUT2D eigenvalue weighted by Gasteiger charge is 2.30. The number of benzene rings is 2. The first-order valence-corrected chi connectivity index (χ1v) is 11.7. The fourth-order valence-electron chi connectivity index (χ4n) is 3.21.